The molecule has 0 bridgehead atoms. The van der Waals surface area contributed by atoms with Gasteiger partial charge in [-0.05, 0) is 91.3 Å². The van der Waals surface area contributed by atoms with Crippen LogP contribution >= 0.6 is 0 Å². The fourth-order valence-corrected chi connectivity index (χ4v) is 6.44. The normalized spacial score (nSPS) is 11.5. The topological polar surface area (TPSA) is 54.1 Å². The first-order chi connectivity index (χ1) is 22.4. The number of hydrogen-bond acceptors (Lipinski definition) is 4. The molecule has 0 saturated heterocycles. The summed E-state index contributed by atoms with van der Waals surface area (Å²) >= 11 is 0. The van der Waals surface area contributed by atoms with Crippen molar-refractivity contribution in [1.29, 1.82) is 0 Å². The van der Waals surface area contributed by atoms with Crippen LogP contribution in [0.1, 0.15) is 37.0 Å². The highest BCUT2D eigenvalue weighted by Gasteiger charge is 2.15. The van der Waals surface area contributed by atoms with Crippen LogP contribution in [0.25, 0.3) is 44.4 Å². The van der Waals surface area contributed by atoms with Crippen LogP contribution in [-0.4, -0.2) is 26.4 Å². The Kier molecular flexibility index (Phi) is 7.79. The molecule has 230 valence electrons. The molecule has 7 aromatic rings. The second-order valence-corrected chi connectivity index (χ2v) is 12.4. The summed E-state index contributed by atoms with van der Waals surface area (Å²) in [5.41, 5.74) is 9.35. The average Bonchev–Trinajstić information content (AvgIpc) is 3.67. The van der Waals surface area contributed by atoms with Crippen molar-refractivity contribution in [2.75, 3.05) is 7.11 Å². The molecule has 0 aliphatic rings. The lowest BCUT2D eigenvalue weighted by Gasteiger charge is -2.12. The van der Waals surface area contributed by atoms with E-state index in [0.717, 1.165) is 62.5 Å². The lowest BCUT2D eigenvalue weighted by molar-refractivity contribution is 0.414. The lowest BCUT2D eigenvalue weighted by atomic mass is 9.93. The van der Waals surface area contributed by atoms with Gasteiger partial charge in [0, 0.05) is 46.9 Å². The summed E-state index contributed by atoms with van der Waals surface area (Å²) in [5, 5.41) is 7.02. The summed E-state index contributed by atoms with van der Waals surface area (Å²) in [7, 11) is 1.67. The van der Waals surface area contributed by atoms with Crippen molar-refractivity contribution in [1.82, 2.24) is 19.3 Å². The summed E-state index contributed by atoms with van der Waals surface area (Å²) in [6.07, 6.45) is 8.14. The molecule has 46 heavy (non-hydrogen) atoms. The van der Waals surface area contributed by atoms with Gasteiger partial charge in [0.25, 0.3) is 0 Å². The van der Waals surface area contributed by atoms with E-state index in [4.69, 9.17) is 14.6 Å². The number of aromatic nitrogens is 4. The summed E-state index contributed by atoms with van der Waals surface area (Å²) in [6.45, 7) is 8.96. The van der Waals surface area contributed by atoms with Crippen molar-refractivity contribution >= 4 is 21.8 Å². The first-order valence-electron chi connectivity index (χ1n) is 15.8. The predicted molar refractivity (Wildman–Crippen MR) is 187 cm³/mol. The van der Waals surface area contributed by atoms with Gasteiger partial charge in [-0.15, -0.1) is 0 Å². The Balaban J connectivity index is 1.19. The summed E-state index contributed by atoms with van der Waals surface area (Å²) in [4.78, 5) is 4.67. The van der Waals surface area contributed by atoms with Crippen LogP contribution in [0, 0.1) is 19.8 Å². The molecule has 0 unspecified atom stereocenters. The van der Waals surface area contributed by atoms with Gasteiger partial charge in [0.05, 0.1) is 30.0 Å². The van der Waals surface area contributed by atoms with Crippen LogP contribution in [0.5, 0.6) is 17.2 Å². The minimum absolute atomic E-state index is 0.698. The van der Waals surface area contributed by atoms with E-state index in [1.165, 1.54) is 28.7 Å². The third kappa shape index (κ3) is 5.63. The van der Waals surface area contributed by atoms with E-state index < -0.39 is 0 Å². The van der Waals surface area contributed by atoms with Gasteiger partial charge in [-0.3, -0.25) is 4.57 Å². The molecular weight excluding hydrogens is 568 g/mol. The van der Waals surface area contributed by atoms with Crippen LogP contribution in [0.4, 0.5) is 0 Å². The minimum Gasteiger partial charge on any atom is -0.497 e. The maximum atomic E-state index is 6.46. The standard InChI is InChI=1S/C40H38N4O2/c1-26(2)13-14-29-19-27(3)40(28(4)20-29)30-24-42-43(25-30)31-9-8-10-33(21-31)46-34-15-16-36-35-11-6-7-12-37(35)44(38(36)22-34)39-23-32(45-5)17-18-41-39/h6-12,15-26H,13-14H2,1-5H3. The molecule has 0 spiro atoms. The van der Waals surface area contributed by atoms with Gasteiger partial charge in [0.1, 0.15) is 23.1 Å². The van der Waals surface area contributed by atoms with E-state index in [1.54, 1.807) is 13.3 Å². The average molecular weight is 607 g/mol. The molecule has 0 atom stereocenters. The van der Waals surface area contributed by atoms with Gasteiger partial charge < -0.3 is 9.47 Å². The maximum Gasteiger partial charge on any atom is 0.141 e. The van der Waals surface area contributed by atoms with Crippen LogP contribution in [-0.2, 0) is 6.42 Å². The Morgan fingerprint density at radius 2 is 1.54 bits per heavy atom. The number of pyridine rings is 1. The summed E-state index contributed by atoms with van der Waals surface area (Å²) in [5.74, 6) is 3.71. The molecule has 3 aromatic heterocycles. The zero-order valence-electron chi connectivity index (χ0n) is 27.0. The van der Waals surface area contributed by atoms with E-state index in [-0.39, 0.29) is 0 Å². The largest absolute Gasteiger partial charge is 0.497 e. The Hall–Kier alpha value is -5.36. The third-order valence-electron chi connectivity index (χ3n) is 8.62. The molecule has 0 saturated carbocycles. The molecule has 4 aromatic carbocycles. The van der Waals surface area contributed by atoms with Crippen LogP contribution in [0.15, 0.2) is 110 Å². The quantitative estimate of drug-likeness (QED) is 0.164. The van der Waals surface area contributed by atoms with Crippen molar-refractivity contribution in [2.24, 2.45) is 5.92 Å². The molecular formula is C40H38N4O2. The van der Waals surface area contributed by atoms with Crippen LogP contribution in [0.2, 0.25) is 0 Å². The highest BCUT2D eigenvalue weighted by atomic mass is 16.5. The Bertz CT molecular complexity index is 2170. The molecule has 0 fully saturated rings. The molecule has 0 radical (unpaired) electrons. The van der Waals surface area contributed by atoms with E-state index in [2.05, 4.69) is 85.9 Å². The molecule has 7 rings (SSSR count). The maximum absolute atomic E-state index is 6.46. The highest BCUT2D eigenvalue weighted by Crippen LogP contribution is 2.36. The van der Waals surface area contributed by atoms with Crippen molar-refractivity contribution in [3.63, 3.8) is 0 Å². The molecule has 0 amide bonds. The predicted octanol–water partition coefficient (Wildman–Crippen LogP) is 10.0. The van der Waals surface area contributed by atoms with Gasteiger partial charge in [0.15, 0.2) is 0 Å². The smallest absolute Gasteiger partial charge is 0.141 e. The number of benzene rings is 4. The van der Waals surface area contributed by atoms with Crippen molar-refractivity contribution in [3.05, 3.63) is 126 Å². The summed E-state index contributed by atoms with van der Waals surface area (Å²) < 4.78 is 16.0. The third-order valence-corrected chi connectivity index (χ3v) is 8.62. The number of hydrogen-bond donors (Lipinski definition) is 0. The van der Waals surface area contributed by atoms with Crippen LogP contribution in [0.3, 0.4) is 0 Å². The van der Waals surface area contributed by atoms with Gasteiger partial charge in [-0.1, -0.05) is 50.2 Å². The molecule has 0 aliphatic heterocycles. The Labute approximate surface area is 269 Å². The molecule has 0 N–H and O–H groups in total. The number of para-hydroxylation sites is 1. The van der Waals surface area contributed by atoms with Gasteiger partial charge >= 0.3 is 0 Å². The monoisotopic (exact) mass is 606 g/mol. The number of methoxy groups -OCH3 is 1. The number of nitrogens with zero attached hydrogens (tertiary/aromatic N) is 4. The Morgan fingerprint density at radius 3 is 2.35 bits per heavy atom. The van der Waals surface area contributed by atoms with Crippen LogP contribution < -0.4 is 9.47 Å². The highest BCUT2D eigenvalue weighted by molar-refractivity contribution is 6.09. The van der Waals surface area contributed by atoms with E-state index >= 15 is 0 Å². The fraction of sp³-hybridized carbons (Fsp3) is 0.200. The van der Waals surface area contributed by atoms with E-state index in [1.807, 2.05) is 59.4 Å². The number of rotatable bonds is 9. The van der Waals surface area contributed by atoms with E-state index in [0.29, 0.717) is 5.92 Å². The lowest BCUT2D eigenvalue weighted by Crippen LogP contribution is -1.98. The van der Waals surface area contributed by atoms with Crippen molar-refractivity contribution in [3.8, 4) is 39.9 Å². The van der Waals surface area contributed by atoms with Gasteiger partial charge in [-0.2, -0.15) is 5.10 Å². The second-order valence-electron chi connectivity index (χ2n) is 12.4. The van der Waals surface area contributed by atoms with E-state index in [9.17, 15) is 0 Å². The zero-order valence-corrected chi connectivity index (χ0v) is 27.0. The Morgan fingerprint density at radius 1 is 0.761 bits per heavy atom. The number of ether oxygens (including phenoxy) is 2. The summed E-state index contributed by atoms with van der Waals surface area (Å²) in [6, 6.07) is 31.1. The first-order valence-corrected chi connectivity index (χ1v) is 15.8. The van der Waals surface area contributed by atoms with Crippen molar-refractivity contribution < 1.29 is 9.47 Å². The second kappa shape index (κ2) is 12.2. The van der Waals surface area contributed by atoms with Gasteiger partial charge in [-0.25, -0.2) is 9.67 Å². The zero-order chi connectivity index (χ0) is 31.8. The van der Waals surface area contributed by atoms with Gasteiger partial charge in [0.2, 0.25) is 0 Å². The number of aryl methyl sites for hydroxylation is 3. The fourth-order valence-electron chi connectivity index (χ4n) is 6.44. The first kappa shape index (κ1) is 29.4. The molecule has 6 heteroatoms. The molecule has 0 aliphatic carbocycles. The molecule has 3 heterocycles. The molecule has 6 nitrogen and oxygen atoms in total. The SMILES string of the molecule is COc1ccnc(-n2c3ccccc3c3ccc(Oc4cccc(-n5cc(-c6c(C)cc(CCC(C)C)cc6C)cn5)c4)cc32)c1. The number of fused-ring (bicyclic) bond motifs is 3. The minimum atomic E-state index is 0.698. The van der Waals surface area contributed by atoms with Crippen molar-refractivity contribution in [2.45, 2.75) is 40.5 Å².